The Morgan fingerprint density at radius 1 is 0.846 bits per heavy atom. The fourth-order valence-electron chi connectivity index (χ4n) is 2.41. The zero-order valence-corrected chi connectivity index (χ0v) is 12.6. The van der Waals surface area contributed by atoms with E-state index in [1.807, 2.05) is 0 Å². The van der Waals surface area contributed by atoms with Crippen LogP contribution in [-0.4, -0.2) is 5.11 Å². The van der Waals surface area contributed by atoms with Crippen LogP contribution in [0.1, 0.15) is 11.1 Å². The highest BCUT2D eigenvalue weighted by molar-refractivity contribution is 5.81. The van der Waals surface area contributed by atoms with E-state index in [4.69, 9.17) is 4.42 Å². The van der Waals surface area contributed by atoms with Gasteiger partial charge in [0, 0.05) is 5.56 Å². The van der Waals surface area contributed by atoms with E-state index in [0.29, 0.717) is 12.1 Å². The molecule has 0 saturated carbocycles. The Morgan fingerprint density at radius 2 is 1.38 bits per heavy atom. The summed E-state index contributed by atoms with van der Waals surface area (Å²) in [6, 6.07) is 6.23. The molecule has 3 nitrogen and oxygen atoms in total. The predicted molar refractivity (Wildman–Crippen MR) is 79.6 cm³/mol. The topological polar surface area (TPSA) is 50.4 Å². The standard InChI is InChI=1S/C17H8F6O3/c18-16(19,20)9-5-8(6-10(7-9)17(21,22)23)15-14(25)13(24)11-3-1-2-4-12(11)26-15/h1-7,25H. The average Bonchev–Trinajstić information content (AvgIpc) is 2.56. The van der Waals surface area contributed by atoms with Crippen molar-refractivity contribution in [2.75, 3.05) is 0 Å². The van der Waals surface area contributed by atoms with Gasteiger partial charge in [-0.3, -0.25) is 4.79 Å². The molecule has 1 N–H and O–H groups in total. The summed E-state index contributed by atoms with van der Waals surface area (Å²) in [6.45, 7) is 0. The molecule has 0 unspecified atom stereocenters. The highest BCUT2D eigenvalue weighted by Crippen LogP contribution is 2.40. The van der Waals surface area contributed by atoms with Gasteiger partial charge in [0.15, 0.2) is 5.76 Å². The summed E-state index contributed by atoms with van der Waals surface area (Å²) in [5, 5.41) is 9.91. The lowest BCUT2D eigenvalue weighted by atomic mass is 10.0. The molecule has 0 amide bonds. The van der Waals surface area contributed by atoms with Gasteiger partial charge in [-0.25, -0.2) is 0 Å². The SMILES string of the molecule is O=c1c(O)c(-c2cc(C(F)(F)F)cc(C(F)(F)F)c2)oc2ccccc12. The summed E-state index contributed by atoms with van der Waals surface area (Å²) in [7, 11) is 0. The molecule has 0 bridgehead atoms. The largest absolute Gasteiger partial charge is 0.502 e. The van der Waals surface area contributed by atoms with Gasteiger partial charge in [0.05, 0.1) is 16.5 Å². The van der Waals surface area contributed by atoms with Crippen LogP contribution >= 0.6 is 0 Å². The van der Waals surface area contributed by atoms with Crippen molar-refractivity contribution in [3.05, 3.63) is 63.8 Å². The van der Waals surface area contributed by atoms with Gasteiger partial charge >= 0.3 is 12.4 Å². The Labute approximate surface area is 141 Å². The Bertz CT molecular complexity index is 1010. The first kappa shape index (κ1) is 17.8. The number of para-hydroxylation sites is 1. The second-order valence-electron chi connectivity index (χ2n) is 5.40. The third-order valence-corrected chi connectivity index (χ3v) is 3.62. The van der Waals surface area contributed by atoms with Gasteiger partial charge < -0.3 is 9.52 Å². The molecule has 0 saturated heterocycles. The van der Waals surface area contributed by atoms with Gasteiger partial charge in [-0.1, -0.05) is 12.1 Å². The van der Waals surface area contributed by atoms with Gasteiger partial charge in [-0.05, 0) is 30.3 Å². The average molecular weight is 374 g/mol. The second kappa shape index (κ2) is 5.79. The number of rotatable bonds is 1. The highest BCUT2D eigenvalue weighted by atomic mass is 19.4. The lowest BCUT2D eigenvalue weighted by Gasteiger charge is -2.14. The molecule has 26 heavy (non-hydrogen) atoms. The van der Waals surface area contributed by atoms with Crippen molar-refractivity contribution >= 4 is 11.0 Å². The summed E-state index contributed by atoms with van der Waals surface area (Å²) in [5.41, 5.74) is -4.94. The minimum atomic E-state index is -5.07. The first-order chi connectivity index (χ1) is 12.0. The van der Waals surface area contributed by atoms with Crippen LogP contribution in [-0.2, 0) is 12.4 Å². The number of benzene rings is 2. The quantitative estimate of drug-likeness (QED) is 0.596. The van der Waals surface area contributed by atoms with Crippen LogP contribution in [0.5, 0.6) is 5.75 Å². The van der Waals surface area contributed by atoms with Crippen molar-refractivity contribution in [3.8, 4) is 17.1 Å². The first-order valence-electron chi connectivity index (χ1n) is 7.03. The molecule has 3 rings (SSSR count). The maximum atomic E-state index is 13.0. The van der Waals surface area contributed by atoms with E-state index < -0.39 is 46.0 Å². The van der Waals surface area contributed by atoms with Crippen molar-refractivity contribution in [1.29, 1.82) is 0 Å². The number of hydrogen-bond acceptors (Lipinski definition) is 3. The summed E-state index contributed by atoms with van der Waals surface area (Å²) in [6.07, 6.45) is -10.1. The molecule has 0 aliphatic carbocycles. The van der Waals surface area contributed by atoms with E-state index in [1.54, 1.807) is 0 Å². The fraction of sp³-hybridized carbons (Fsp3) is 0.118. The van der Waals surface area contributed by atoms with Gasteiger partial charge in [-0.2, -0.15) is 26.3 Å². The predicted octanol–water partition coefficient (Wildman–Crippen LogP) is 5.20. The van der Waals surface area contributed by atoms with Crippen molar-refractivity contribution in [2.45, 2.75) is 12.4 Å². The second-order valence-corrected chi connectivity index (χ2v) is 5.40. The minimum Gasteiger partial charge on any atom is -0.502 e. The smallest absolute Gasteiger partial charge is 0.416 e. The maximum absolute atomic E-state index is 13.0. The molecule has 1 heterocycles. The Hall–Kier alpha value is -2.97. The van der Waals surface area contributed by atoms with Crippen LogP contribution in [0.4, 0.5) is 26.3 Å². The minimum absolute atomic E-state index is 0.0559. The van der Waals surface area contributed by atoms with Gasteiger partial charge in [-0.15, -0.1) is 0 Å². The van der Waals surface area contributed by atoms with Crippen LogP contribution in [0.2, 0.25) is 0 Å². The number of aromatic hydroxyl groups is 1. The molecule has 2 aromatic carbocycles. The molecule has 0 fully saturated rings. The molecule has 9 heteroatoms. The molecule has 1 aromatic heterocycles. The van der Waals surface area contributed by atoms with E-state index >= 15 is 0 Å². The fourth-order valence-corrected chi connectivity index (χ4v) is 2.41. The number of halogens is 6. The summed E-state index contributed by atoms with van der Waals surface area (Å²) < 4.78 is 83.0. The van der Waals surface area contributed by atoms with E-state index in [0.717, 1.165) is 0 Å². The third-order valence-electron chi connectivity index (χ3n) is 3.62. The number of hydrogen-bond donors (Lipinski definition) is 1. The summed E-state index contributed by atoms with van der Waals surface area (Å²) in [5.74, 6) is -1.85. The summed E-state index contributed by atoms with van der Waals surface area (Å²) in [4.78, 5) is 12.1. The van der Waals surface area contributed by atoms with Crippen molar-refractivity contribution in [1.82, 2.24) is 0 Å². The molecule has 136 valence electrons. The highest BCUT2D eigenvalue weighted by Gasteiger charge is 2.37. The third kappa shape index (κ3) is 3.12. The Balaban J connectivity index is 2.35. The van der Waals surface area contributed by atoms with Gasteiger partial charge in [0.2, 0.25) is 11.2 Å². The molecule has 0 atom stereocenters. The Kier molecular flexibility index (Phi) is 3.97. The number of alkyl halides is 6. The van der Waals surface area contributed by atoms with Crippen LogP contribution in [0.15, 0.2) is 51.7 Å². The van der Waals surface area contributed by atoms with E-state index in [1.165, 1.54) is 24.3 Å². The van der Waals surface area contributed by atoms with Crippen LogP contribution in [0.25, 0.3) is 22.3 Å². The van der Waals surface area contributed by atoms with Gasteiger partial charge in [0.25, 0.3) is 0 Å². The zero-order valence-electron chi connectivity index (χ0n) is 12.6. The molecular weight excluding hydrogens is 366 g/mol. The van der Waals surface area contributed by atoms with E-state index in [-0.39, 0.29) is 17.0 Å². The van der Waals surface area contributed by atoms with Crippen LogP contribution in [0, 0.1) is 0 Å². The lowest BCUT2D eigenvalue weighted by Crippen LogP contribution is -2.11. The molecule has 0 radical (unpaired) electrons. The zero-order chi connectivity index (χ0) is 19.3. The van der Waals surface area contributed by atoms with Gasteiger partial charge in [0.1, 0.15) is 5.58 Å². The molecule has 3 aromatic rings. The Morgan fingerprint density at radius 3 is 1.92 bits per heavy atom. The monoisotopic (exact) mass is 374 g/mol. The van der Waals surface area contributed by atoms with E-state index in [2.05, 4.69) is 0 Å². The van der Waals surface area contributed by atoms with Crippen molar-refractivity contribution in [2.24, 2.45) is 0 Å². The number of fused-ring (bicyclic) bond motifs is 1. The maximum Gasteiger partial charge on any atom is 0.416 e. The lowest BCUT2D eigenvalue weighted by molar-refractivity contribution is -0.143. The summed E-state index contributed by atoms with van der Waals surface area (Å²) >= 11 is 0. The van der Waals surface area contributed by atoms with Crippen molar-refractivity contribution in [3.63, 3.8) is 0 Å². The van der Waals surface area contributed by atoms with Crippen LogP contribution in [0.3, 0.4) is 0 Å². The molecule has 0 aliphatic rings. The van der Waals surface area contributed by atoms with Crippen molar-refractivity contribution < 1.29 is 35.9 Å². The van der Waals surface area contributed by atoms with E-state index in [9.17, 15) is 36.2 Å². The molecular formula is C17H8F6O3. The first-order valence-corrected chi connectivity index (χ1v) is 7.03. The molecule has 0 aliphatic heterocycles. The van der Waals surface area contributed by atoms with Crippen LogP contribution < -0.4 is 5.43 Å². The normalized spacial score (nSPS) is 12.5. The molecule has 0 spiro atoms.